The summed E-state index contributed by atoms with van der Waals surface area (Å²) in [6.45, 7) is 10.4. The Balaban J connectivity index is 2.66. The maximum atomic E-state index is 12.1. The predicted octanol–water partition coefficient (Wildman–Crippen LogP) is 2.64. The number of rotatable bonds is 5. The average Bonchev–Trinajstić information content (AvgIpc) is 2.37. The van der Waals surface area contributed by atoms with E-state index in [1.807, 2.05) is 58.9 Å². The summed E-state index contributed by atoms with van der Waals surface area (Å²) in [6, 6.07) is 7.13. The van der Waals surface area contributed by atoms with Gasteiger partial charge < -0.3 is 15.8 Å². The molecule has 0 radical (unpaired) electrons. The lowest BCUT2D eigenvalue weighted by Gasteiger charge is -2.27. The van der Waals surface area contributed by atoms with Crippen LogP contribution in [0.25, 0.3) is 0 Å². The van der Waals surface area contributed by atoms with Gasteiger partial charge in [-0.15, -0.1) is 0 Å². The Hall–Kier alpha value is -1.55. The summed E-state index contributed by atoms with van der Waals surface area (Å²) in [6.07, 6.45) is 0. The van der Waals surface area contributed by atoms with Crippen LogP contribution < -0.4 is 15.8 Å². The Kier molecular flexibility index (Phi) is 5.57. The second kappa shape index (κ2) is 6.75. The van der Waals surface area contributed by atoms with Crippen LogP contribution in [0.4, 0.5) is 0 Å². The highest BCUT2D eigenvalue weighted by atomic mass is 16.5. The molecule has 0 saturated carbocycles. The van der Waals surface area contributed by atoms with Crippen LogP contribution in [0, 0.1) is 5.41 Å². The monoisotopic (exact) mass is 278 g/mol. The maximum absolute atomic E-state index is 12.1. The molecule has 4 heteroatoms. The summed E-state index contributed by atoms with van der Waals surface area (Å²) in [5.41, 5.74) is 6.74. The molecule has 112 valence electrons. The molecule has 1 unspecified atom stereocenters. The fraction of sp³-hybridized carbons (Fsp3) is 0.562. The van der Waals surface area contributed by atoms with Crippen molar-refractivity contribution >= 4 is 5.91 Å². The highest BCUT2D eigenvalue weighted by Crippen LogP contribution is 2.20. The Labute approximate surface area is 121 Å². The predicted molar refractivity (Wildman–Crippen MR) is 81.6 cm³/mol. The van der Waals surface area contributed by atoms with E-state index in [-0.39, 0.29) is 17.4 Å². The third-order valence-corrected chi connectivity index (χ3v) is 3.27. The second-order valence-corrected chi connectivity index (χ2v) is 6.08. The van der Waals surface area contributed by atoms with Gasteiger partial charge in [0.1, 0.15) is 5.75 Å². The van der Waals surface area contributed by atoms with Crippen molar-refractivity contribution in [2.75, 3.05) is 6.61 Å². The molecular formula is C16H26N2O2. The van der Waals surface area contributed by atoms with Crippen molar-refractivity contribution in [3.8, 4) is 5.75 Å². The zero-order chi connectivity index (χ0) is 15.3. The van der Waals surface area contributed by atoms with Crippen LogP contribution in [0.1, 0.15) is 46.2 Å². The molecule has 1 aromatic carbocycles. The summed E-state index contributed by atoms with van der Waals surface area (Å²) >= 11 is 0. The summed E-state index contributed by atoms with van der Waals surface area (Å²) in [7, 11) is 0. The van der Waals surface area contributed by atoms with E-state index in [2.05, 4.69) is 5.32 Å². The molecule has 1 rings (SSSR count). The standard InChI is InChI=1S/C16H26N2O2/c1-6-20-13-9-7-12(8-10-13)11(2)18-15(19)14(17)16(3,4)5/h7-11,14H,6,17H2,1-5H3,(H,18,19)/t11?,14-/m0/s1. The van der Waals surface area contributed by atoms with Crippen molar-refractivity contribution in [1.29, 1.82) is 0 Å². The smallest absolute Gasteiger partial charge is 0.237 e. The molecule has 2 atom stereocenters. The van der Waals surface area contributed by atoms with Crippen molar-refractivity contribution in [2.24, 2.45) is 11.1 Å². The van der Waals surface area contributed by atoms with Gasteiger partial charge in [-0.25, -0.2) is 0 Å². The van der Waals surface area contributed by atoms with E-state index < -0.39 is 6.04 Å². The molecule has 0 aromatic heterocycles. The SMILES string of the molecule is CCOc1ccc(C(C)NC(=O)[C@H](N)C(C)(C)C)cc1. The molecule has 0 saturated heterocycles. The normalized spacial score (nSPS) is 14.5. The number of hydrogen-bond donors (Lipinski definition) is 2. The highest BCUT2D eigenvalue weighted by Gasteiger charge is 2.28. The number of amides is 1. The van der Waals surface area contributed by atoms with E-state index in [0.717, 1.165) is 11.3 Å². The number of nitrogens with two attached hydrogens (primary N) is 1. The minimum Gasteiger partial charge on any atom is -0.494 e. The van der Waals surface area contributed by atoms with Gasteiger partial charge in [-0.1, -0.05) is 32.9 Å². The summed E-state index contributed by atoms with van der Waals surface area (Å²) in [4.78, 5) is 12.1. The quantitative estimate of drug-likeness (QED) is 0.870. The third kappa shape index (κ3) is 4.53. The number of nitrogens with one attached hydrogen (secondary N) is 1. The molecule has 0 bridgehead atoms. The lowest BCUT2D eigenvalue weighted by atomic mass is 9.86. The van der Waals surface area contributed by atoms with E-state index in [4.69, 9.17) is 10.5 Å². The Bertz CT molecular complexity index is 435. The van der Waals surface area contributed by atoms with E-state index in [9.17, 15) is 4.79 Å². The Morgan fingerprint density at radius 1 is 1.30 bits per heavy atom. The van der Waals surface area contributed by atoms with Crippen molar-refractivity contribution < 1.29 is 9.53 Å². The first-order chi connectivity index (χ1) is 9.25. The largest absolute Gasteiger partial charge is 0.494 e. The van der Waals surface area contributed by atoms with Gasteiger partial charge in [0.05, 0.1) is 18.7 Å². The number of benzene rings is 1. The summed E-state index contributed by atoms with van der Waals surface area (Å²) in [5.74, 6) is 0.708. The van der Waals surface area contributed by atoms with Crippen LogP contribution in [0.5, 0.6) is 5.75 Å². The summed E-state index contributed by atoms with van der Waals surface area (Å²) in [5, 5.41) is 2.95. The van der Waals surface area contributed by atoms with E-state index in [1.54, 1.807) is 0 Å². The van der Waals surface area contributed by atoms with Crippen LogP contribution in [0.3, 0.4) is 0 Å². The van der Waals surface area contributed by atoms with E-state index >= 15 is 0 Å². The number of carbonyl (C=O) groups excluding carboxylic acids is 1. The van der Waals surface area contributed by atoms with Gasteiger partial charge >= 0.3 is 0 Å². The number of hydrogen-bond acceptors (Lipinski definition) is 3. The molecule has 0 heterocycles. The van der Waals surface area contributed by atoms with Crippen molar-refractivity contribution in [3.05, 3.63) is 29.8 Å². The molecule has 20 heavy (non-hydrogen) atoms. The molecule has 0 aliphatic carbocycles. The first kappa shape index (κ1) is 16.5. The van der Waals surface area contributed by atoms with Crippen molar-refractivity contribution in [1.82, 2.24) is 5.32 Å². The lowest BCUT2D eigenvalue weighted by Crippen LogP contribution is -2.49. The van der Waals surface area contributed by atoms with Crippen LogP contribution in [-0.2, 0) is 4.79 Å². The van der Waals surface area contributed by atoms with Gasteiger partial charge in [0.25, 0.3) is 0 Å². The number of carbonyl (C=O) groups is 1. The van der Waals surface area contributed by atoms with Gasteiger partial charge in [-0.05, 0) is 37.0 Å². The first-order valence-electron chi connectivity index (χ1n) is 7.04. The van der Waals surface area contributed by atoms with Crippen molar-refractivity contribution in [2.45, 2.75) is 46.7 Å². The molecule has 1 aromatic rings. The van der Waals surface area contributed by atoms with E-state index in [1.165, 1.54) is 0 Å². The van der Waals surface area contributed by atoms with Gasteiger partial charge in [-0.3, -0.25) is 4.79 Å². The first-order valence-corrected chi connectivity index (χ1v) is 7.04. The van der Waals surface area contributed by atoms with Crippen LogP contribution in [0.2, 0.25) is 0 Å². The highest BCUT2D eigenvalue weighted by molar-refractivity contribution is 5.82. The van der Waals surface area contributed by atoms with Gasteiger partial charge in [-0.2, -0.15) is 0 Å². The zero-order valence-corrected chi connectivity index (χ0v) is 13.1. The molecular weight excluding hydrogens is 252 g/mol. The third-order valence-electron chi connectivity index (χ3n) is 3.27. The summed E-state index contributed by atoms with van der Waals surface area (Å²) < 4.78 is 5.40. The van der Waals surface area contributed by atoms with Crippen LogP contribution >= 0.6 is 0 Å². The minimum atomic E-state index is -0.521. The molecule has 0 spiro atoms. The van der Waals surface area contributed by atoms with Crippen LogP contribution in [0.15, 0.2) is 24.3 Å². The minimum absolute atomic E-state index is 0.0772. The topological polar surface area (TPSA) is 64.3 Å². The fourth-order valence-corrected chi connectivity index (χ4v) is 1.80. The fourth-order valence-electron chi connectivity index (χ4n) is 1.80. The maximum Gasteiger partial charge on any atom is 0.237 e. The molecule has 0 aliphatic heterocycles. The Morgan fingerprint density at radius 3 is 2.30 bits per heavy atom. The van der Waals surface area contributed by atoms with Gasteiger partial charge in [0, 0.05) is 0 Å². The lowest BCUT2D eigenvalue weighted by molar-refractivity contribution is -0.125. The molecule has 4 nitrogen and oxygen atoms in total. The molecule has 3 N–H and O–H groups in total. The van der Waals surface area contributed by atoms with E-state index in [0.29, 0.717) is 6.61 Å². The van der Waals surface area contributed by atoms with Crippen LogP contribution in [-0.4, -0.2) is 18.6 Å². The average molecular weight is 278 g/mol. The molecule has 0 fully saturated rings. The Morgan fingerprint density at radius 2 is 1.85 bits per heavy atom. The molecule has 1 amide bonds. The molecule has 0 aliphatic rings. The second-order valence-electron chi connectivity index (χ2n) is 6.08. The van der Waals surface area contributed by atoms with Gasteiger partial charge in [0.2, 0.25) is 5.91 Å². The van der Waals surface area contributed by atoms with Crippen molar-refractivity contribution in [3.63, 3.8) is 0 Å². The zero-order valence-electron chi connectivity index (χ0n) is 13.1. The number of ether oxygens (including phenoxy) is 1. The van der Waals surface area contributed by atoms with Gasteiger partial charge in [0.15, 0.2) is 0 Å².